The van der Waals surface area contributed by atoms with Crippen LogP contribution in [0.1, 0.15) is 12.8 Å². The van der Waals surface area contributed by atoms with Crippen molar-refractivity contribution in [3.63, 3.8) is 0 Å². The highest BCUT2D eigenvalue weighted by Gasteiger charge is 2.17. The van der Waals surface area contributed by atoms with Crippen molar-refractivity contribution in [1.29, 1.82) is 0 Å². The Morgan fingerprint density at radius 2 is 2.06 bits per heavy atom. The Labute approximate surface area is 108 Å². The quantitative estimate of drug-likeness (QED) is 0.900. The van der Waals surface area contributed by atoms with Crippen LogP contribution >= 0.6 is 0 Å². The zero-order valence-corrected chi connectivity index (χ0v) is 10.9. The number of furan rings is 1. The van der Waals surface area contributed by atoms with Gasteiger partial charge in [0.05, 0.1) is 5.69 Å². The summed E-state index contributed by atoms with van der Waals surface area (Å²) < 4.78 is 5.61. The molecule has 18 heavy (non-hydrogen) atoms. The van der Waals surface area contributed by atoms with Crippen LogP contribution in [0.5, 0.6) is 0 Å². The molecular formula is C15H20N2O. The number of anilines is 1. The highest BCUT2D eigenvalue weighted by atomic mass is 16.3. The smallest absolute Gasteiger partial charge is 0.136 e. The maximum atomic E-state index is 5.61. The molecule has 1 aromatic heterocycles. The van der Waals surface area contributed by atoms with Gasteiger partial charge in [0, 0.05) is 19.0 Å². The van der Waals surface area contributed by atoms with Gasteiger partial charge in [-0.15, -0.1) is 0 Å². The van der Waals surface area contributed by atoms with Gasteiger partial charge in [-0.2, -0.15) is 0 Å². The molecule has 1 aromatic carbocycles. The van der Waals surface area contributed by atoms with Gasteiger partial charge in [0.2, 0.25) is 0 Å². The van der Waals surface area contributed by atoms with Gasteiger partial charge in [0.25, 0.3) is 0 Å². The van der Waals surface area contributed by atoms with Crippen molar-refractivity contribution in [3.8, 4) is 0 Å². The summed E-state index contributed by atoms with van der Waals surface area (Å²) in [7, 11) is 2.17. The summed E-state index contributed by atoms with van der Waals surface area (Å²) in [5.74, 6) is 0.796. The first-order chi connectivity index (χ1) is 8.84. The fourth-order valence-corrected chi connectivity index (χ4v) is 2.81. The molecule has 1 saturated heterocycles. The third kappa shape index (κ3) is 2.23. The van der Waals surface area contributed by atoms with Crippen LogP contribution in [0.4, 0.5) is 5.69 Å². The SMILES string of the molecule is CN(CC1CCNCC1)c1coc2ccccc12. The number of nitrogens with one attached hydrogen (secondary N) is 1. The second kappa shape index (κ2) is 5.02. The van der Waals surface area contributed by atoms with E-state index in [1.807, 2.05) is 18.4 Å². The normalized spacial score (nSPS) is 17.2. The van der Waals surface area contributed by atoms with E-state index >= 15 is 0 Å². The Morgan fingerprint density at radius 1 is 1.28 bits per heavy atom. The second-order valence-electron chi connectivity index (χ2n) is 5.19. The third-order valence-electron chi connectivity index (χ3n) is 3.86. The van der Waals surface area contributed by atoms with Crippen molar-refractivity contribution < 1.29 is 4.42 Å². The summed E-state index contributed by atoms with van der Waals surface area (Å²) in [4.78, 5) is 2.34. The molecule has 0 bridgehead atoms. The maximum absolute atomic E-state index is 5.61. The van der Waals surface area contributed by atoms with Gasteiger partial charge < -0.3 is 14.6 Å². The number of benzene rings is 1. The molecule has 1 N–H and O–H groups in total. The fraction of sp³-hybridized carbons (Fsp3) is 0.467. The summed E-state index contributed by atoms with van der Waals surface area (Å²) in [6.45, 7) is 3.43. The lowest BCUT2D eigenvalue weighted by molar-refractivity contribution is 0.378. The number of nitrogens with zero attached hydrogens (tertiary/aromatic N) is 1. The van der Waals surface area contributed by atoms with E-state index in [4.69, 9.17) is 4.42 Å². The molecule has 0 aliphatic carbocycles. The lowest BCUT2D eigenvalue weighted by Crippen LogP contribution is -2.34. The molecule has 0 radical (unpaired) electrons. The van der Waals surface area contributed by atoms with Crippen molar-refractivity contribution in [2.45, 2.75) is 12.8 Å². The average Bonchev–Trinajstić information content (AvgIpc) is 2.84. The van der Waals surface area contributed by atoms with E-state index in [0.717, 1.165) is 31.1 Å². The van der Waals surface area contributed by atoms with Crippen LogP contribution in [0.2, 0.25) is 0 Å². The minimum Gasteiger partial charge on any atom is -0.462 e. The summed E-state index contributed by atoms with van der Waals surface area (Å²) in [6, 6.07) is 8.24. The van der Waals surface area contributed by atoms with Crippen LogP contribution in [0, 0.1) is 5.92 Å². The number of piperidine rings is 1. The van der Waals surface area contributed by atoms with Crippen LogP contribution < -0.4 is 10.2 Å². The van der Waals surface area contributed by atoms with Gasteiger partial charge in [-0.25, -0.2) is 0 Å². The number of hydrogen-bond acceptors (Lipinski definition) is 3. The van der Waals surface area contributed by atoms with Crippen LogP contribution in [-0.2, 0) is 0 Å². The first-order valence-corrected chi connectivity index (χ1v) is 6.72. The number of hydrogen-bond donors (Lipinski definition) is 1. The average molecular weight is 244 g/mol. The van der Waals surface area contributed by atoms with Crippen molar-refractivity contribution in [2.24, 2.45) is 5.92 Å². The first kappa shape index (κ1) is 11.6. The van der Waals surface area contributed by atoms with Gasteiger partial charge in [0.1, 0.15) is 11.8 Å². The van der Waals surface area contributed by atoms with E-state index < -0.39 is 0 Å². The van der Waals surface area contributed by atoms with E-state index in [2.05, 4.69) is 29.4 Å². The predicted molar refractivity (Wildman–Crippen MR) is 75.1 cm³/mol. The molecule has 3 heteroatoms. The molecule has 2 aromatic rings. The van der Waals surface area contributed by atoms with Gasteiger partial charge in [-0.05, 0) is 44.0 Å². The molecule has 0 amide bonds. The Bertz CT molecular complexity index is 514. The largest absolute Gasteiger partial charge is 0.462 e. The van der Waals surface area contributed by atoms with Crippen molar-refractivity contribution >= 4 is 16.7 Å². The van der Waals surface area contributed by atoms with Gasteiger partial charge in [-0.3, -0.25) is 0 Å². The zero-order valence-electron chi connectivity index (χ0n) is 10.9. The van der Waals surface area contributed by atoms with Crippen molar-refractivity contribution in [2.75, 3.05) is 31.6 Å². The third-order valence-corrected chi connectivity index (χ3v) is 3.86. The minimum atomic E-state index is 0.796. The van der Waals surface area contributed by atoms with E-state index in [0.29, 0.717) is 0 Å². The zero-order chi connectivity index (χ0) is 12.4. The van der Waals surface area contributed by atoms with Crippen LogP contribution in [0.3, 0.4) is 0 Å². The lowest BCUT2D eigenvalue weighted by atomic mass is 9.97. The fourth-order valence-electron chi connectivity index (χ4n) is 2.81. The van der Waals surface area contributed by atoms with E-state index in [1.54, 1.807) is 0 Å². The monoisotopic (exact) mass is 244 g/mol. The Balaban J connectivity index is 1.76. The molecule has 96 valence electrons. The van der Waals surface area contributed by atoms with Crippen molar-refractivity contribution in [3.05, 3.63) is 30.5 Å². The second-order valence-corrected chi connectivity index (χ2v) is 5.19. The summed E-state index contributed by atoms with van der Waals surface area (Å²) in [5.41, 5.74) is 2.19. The van der Waals surface area contributed by atoms with Gasteiger partial charge >= 0.3 is 0 Å². The maximum Gasteiger partial charge on any atom is 0.136 e. The summed E-state index contributed by atoms with van der Waals surface area (Å²) in [5, 5.41) is 4.63. The Kier molecular flexibility index (Phi) is 3.24. The molecule has 0 unspecified atom stereocenters. The standard InChI is InChI=1S/C15H20N2O/c1-17(10-12-6-8-16-9-7-12)14-11-18-15-5-3-2-4-13(14)15/h2-5,11-12,16H,6-10H2,1H3. The summed E-state index contributed by atoms with van der Waals surface area (Å²) >= 11 is 0. The Hall–Kier alpha value is -1.48. The number of para-hydroxylation sites is 1. The molecule has 0 atom stereocenters. The molecule has 1 fully saturated rings. The predicted octanol–water partition coefficient (Wildman–Crippen LogP) is 2.87. The highest BCUT2D eigenvalue weighted by Crippen LogP contribution is 2.29. The summed E-state index contributed by atoms with van der Waals surface area (Å²) in [6.07, 6.45) is 4.44. The lowest BCUT2D eigenvalue weighted by Gasteiger charge is -2.28. The molecule has 1 aliphatic rings. The van der Waals surface area contributed by atoms with E-state index in [9.17, 15) is 0 Å². The van der Waals surface area contributed by atoms with Crippen LogP contribution in [0.25, 0.3) is 11.0 Å². The van der Waals surface area contributed by atoms with Crippen LogP contribution in [0.15, 0.2) is 34.9 Å². The minimum absolute atomic E-state index is 0.796. The molecular weight excluding hydrogens is 224 g/mol. The van der Waals surface area contributed by atoms with Crippen LogP contribution in [-0.4, -0.2) is 26.7 Å². The molecule has 0 spiro atoms. The molecule has 0 saturated carbocycles. The van der Waals surface area contributed by atoms with Gasteiger partial charge in [0.15, 0.2) is 0 Å². The number of fused-ring (bicyclic) bond motifs is 1. The van der Waals surface area contributed by atoms with E-state index in [-0.39, 0.29) is 0 Å². The Morgan fingerprint density at radius 3 is 2.89 bits per heavy atom. The van der Waals surface area contributed by atoms with Crippen molar-refractivity contribution in [1.82, 2.24) is 5.32 Å². The van der Waals surface area contributed by atoms with E-state index in [1.165, 1.54) is 23.9 Å². The molecule has 2 heterocycles. The molecule has 3 rings (SSSR count). The first-order valence-electron chi connectivity index (χ1n) is 6.72. The topological polar surface area (TPSA) is 28.4 Å². The highest BCUT2D eigenvalue weighted by molar-refractivity contribution is 5.90. The molecule has 1 aliphatic heterocycles. The molecule has 3 nitrogen and oxygen atoms in total. The van der Waals surface area contributed by atoms with Gasteiger partial charge in [-0.1, -0.05) is 12.1 Å². The number of rotatable bonds is 3.